The topological polar surface area (TPSA) is 99.6 Å². The van der Waals surface area contributed by atoms with E-state index in [2.05, 4.69) is 13.2 Å². The molecule has 3 aliphatic rings. The van der Waals surface area contributed by atoms with Gasteiger partial charge in [-0.25, -0.2) is 0 Å². The lowest BCUT2D eigenvalue weighted by atomic mass is 9.64. The fourth-order valence-electron chi connectivity index (χ4n) is 7.62. The Kier molecular flexibility index (Phi) is 9.00. The fraction of sp³-hybridized carbons (Fsp3) is 0.457. The quantitative estimate of drug-likeness (QED) is 0.349. The number of hydrogen-bond acceptors (Lipinski definition) is 6. The van der Waals surface area contributed by atoms with Crippen LogP contribution in [0, 0.1) is 11.8 Å². The highest BCUT2D eigenvalue weighted by Crippen LogP contribution is 2.65. The van der Waals surface area contributed by atoms with Crippen molar-refractivity contribution in [3.8, 4) is 5.75 Å². The van der Waals surface area contributed by atoms with Crippen LogP contribution in [0.5, 0.6) is 5.75 Å². The standard InChI is InChI=1S/C35H43N3O6/c1-6-20-36(22-25-12-10-9-11-13-25)31(40)28-29-32(41)38(24(4)23-39)30(35(29)19-18-34(28,8-3)44-35)33(42)37(21-7-2)26-14-16-27(43-5)17-15-26/h6-7,9-17,24,28-30,39H,1-2,8,18-23H2,3-5H3/t24-,28+,29+,30?,34-,35?/m1/s1. The number of amides is 3. The predicted molar refractivity (Wildman–Crippen MR) is 168 cm³/mol. The molecular weight excluding hydrogens is 558 g/mol. The maximum atomic E-state index is 14.7. The van der Waals surface area contributed by atoms with Crippen LogP contribution in [-0.2, 0) is 25.7 Å². The second kappa shape index (κ2) is 12.6. The summed E-state index contributed by atoms with van der Waals surface area (Å²) in [5, 5.41) is 10.3. The van der Waals surface area contributed by atoms with E-state index in [0.717, 1.165) is 5.56 Å². The molecule has 5 rings (SSSR count). The van der Waals surface area contributed by atoms with Crippen LogP contribution in [0.4, 0.5) is 5.69 Å². The van der Waals surface area contributed by atoms with Crippen molar-refractivity contribution < 1.29 is 29.0 Å². The zero-order valence-electron chi connectivity index (χ0n) is 25.9. The van der Waals surface area contributed by atoms with E-state index in [1.807, 2.05) is 37.3 Å². The van der Waals surface area contributed by atoms with Gasteiger partial charge in [-0.3, -0.25) is 14.4 Å². The maximum absolute atomic E-state index is 14.7. The summed E-state index contributed by atoms with van der Waals surface area (Å²) in [5.74, 6) is -1.84. The van der Waals surface area contributed by atoms with E-state index in [4.69, 9.17) is 9.47 Å². The van der Waals surface area contributed by atoms with Crippen LogP contribution >= 0.6 is 0 Å². The summed E-state index contributed by atoms with van der Waals surface area (Å²) in [4.78, 5) is 48.6. The van der Waals surface area contributed by atoms with Gasteiger partial charge in [-0.2, -0.15) is 0 Å². The number of carbonyl (C=O) groups is 3. The number of ether oxygens (including phenoxy) is 2. The summed E-state index contributed by atoms with van der Waals surface area (Å²) in [6, 6.07) is 15.1. The highest BCUT2D eigenvalue weighted by molar-refractivity contribution is 6.05. The van der Waals surface area contributed by atoms with Crippen LogP contribution in [0.25, 0.3) is 0 Å². The molecule has 0 aromatic heterocycles. The lowest BCUT2D eigenvalue weighted by molar-refractivity contribution is -0.153. The Morgan fingerprint density at radius 1 is 1.09 bits per heavy atom. The van der Waals surface area contributed by atoms with E-state index >= 15 is 0 Å². The Labute approximate surface area is 259 Å². The Hall–Kier alpha value is -3.95. The molecule has 0 radical (unpaired) electrons. The zero-order chi connectivity index (χ0) is 31.6. The van der Waals surface area contributed by atoms with E-state index in [0.29, 0.717) is 43.8 Å². The third kappa shape index (κ3) is 5.02. The molecule has 1 spiro atoms. The van der Waals surface area contributed by atoms with E-state index in [1.165, 1.54) is 4.90 Å². The molecule has 1 N–H and O–H groups in total. The van der Waals surface area contributed by atoms with Crippen LogP contribution in [0.1, 0.15) is 38.7 Å². The first-order chi connectivity index (χ1) is 21.2. The second-order valence-electron chi connectivity index (χ2n) is 12.0. The van der Waals surface area contributed by atoms with Gasteiger partial charge in [0.2, 0.25) is 11.8 Å². The number of anilines is 1. The number of aliphatic hydroxyl groups is 1. The molecule has 234 valence electrons. The van der Waals surface area contributed by atoms with Gasteiger partial charge in [-0.1, -0.05) is 49.4 Å². The predicted octanol–water partition coefficient (Wildman–Crippen LogP) is 3.96. The largest absolute Gasteiger partial charge is 0.497 e. The lowest BCUT2D eigenvalue weighted by Gasteiger charge is -2.38. The molecule has 9 heteroatoms. The van der Waals surface area contributed by atoms with Crippen LogP contribution in [0.3, 0.4) is 0 Å². The molecule has 9 nitrogen and oxygen atoms in total. The number of hydrogen-bond donors (Lipinski definition) is 1. The second-order valence-corrected chi connectivity index (χ2v) is 12.0. The Morgan fingerprint density at radius 2 is 1.77 bits per heavy atom. The summed E-state index contributed by atoms with van der Waals surface area (Å²) < 4.78 is 12.3. The third-order valence-corrected chi connectivity index (χ3v) is 9.70. The average Bonchev–Trinajstić information content (AvgIpc) is 3.66. The first kappa shape index (κ1) is 31.5. The minimum absolute atomic E-state index is 0.182. The van der Waals surface area contributed by atoms with Crippen LogP contribution in [-0.4, -0.2) is 82.7 Å². The van der Waals surface area contributed by atoms with Gasteiger partial charge in [-0.05, 0) is 56.0 Å². The lowest BCUT2D eigenvalue weighted by Crippen LogP contribution is -2.58. The monoisotopic (exact) mass is 601 g/mol. The Morgan fingerprint density at radius 3 is 2.36 bits per heavy atom. The molecule has 6 atom stereocenters. The van der Waals surface area contributed by atoms with Crippen molar-refractivity contribution in [2.24, 2.45) is 11.8 Å². The molecule has 2 aromatic carbocycles. The number of carbonyl (C=O) groups excluding carboxylic acids is 3. The number of fused-ring (bicyclic) bond motifs is 1. The molecule has 44 heavy (non-hydrogen) atoms. The molecule has 3 amide bonds. The summed E-state index contributed by atoms with van der Waals surface area (Å²) >= 11 is 0. The summed E-state index contributed by atoms with van der Waals surface area (Å²) in [5.41, 5.74) is -0.519. The Bertz CT molecular complexity index is 1400. The van der Waals surface area contributed by atoms with Crippen LogP contribution in [0.2, 0.25) is 0 Å². The number of likely N-dealkylation sites (tertiary alicyclic amines) is 1. The van der Waals surface area contributed by atoms with Crippen LogP contribution < -0.4 is 9.64 Å². The van der Waals surface area contributed by atoms with Gasteiger partial charge in [0.15, 0.2) is 0 Å². The van der Waals surface area contributed by atoms with Crippen LogP contribution in [0.15, 0.2) is 79.9 Å². The molecule has 3 heterocycles. The van der Waals surface area contributed by atoms with E-state index in [9.17, 15) is 19.5 Å². The Balaban J connectivity index is 1.58. The molecule has 3 aliphatic heterocycles. The SMILES string of the molecule is C=CCN(Cc1ccccc1)C(=O)[C@@H]1[C@H]2C(=O)N([C@H](C)CO)C(C(=O)N(CC=C)c3ccc(OC)cc3)C23CC[C@@]1(CC)O3. The van der Waals surface area contributed by atoms with Crippen molar-refractivity contribution in [2.45, 2.75) is 62.9 Å². The van der Waals surface area contributed by atoms with Crippen molar-refractivity contribution in [2.75, 3.05) is 31.7 Å². The molecule has 2 unspecified atom stereocenters. The molecule has 0 saturated carbocycles. The fourth-order valence-corrected chi connectivity index (χ4v) is 7.62. The van der Waals surface area contributed by atoms with Crippen molar-refractivity contribution in [1.29, 1.82) is 0 Å². The highest BCUT2D eigenvalue weighted by atomic mass is 16.5. The van der Waals surface area contributed by atoms with Crippen molar-refractivity contribution >= 4 is 23.4 Å². The van der Waals surface area contributed by atoms with Crippen molar-refractivity contribution in [3.05, 3.63) is 85.5 Å². The maximum Gasteiger partial charge on any atom is 0.253 e. The highest BCUT2D eigenvalue weighted by Gasteiger charge is 2.79. The molecule has 0 aliphatic carbocycles. The number of methoxy groups -OCH3 is 1. The molecule has 2 bridgehead atoms. The van der Waals surface area contributed by atoms with Gasteiger partial charge in [0.1, 0.15) is 17.4 Å². The summed E-state index contributed by atoms with van der Waals surface area (Å²) in [6.07, 6.45) is 4.85. The molecule has 3 fully saturated rings. The first-order valence-electron chi connectivity index (χ1n) is 15.3. The normalized spacial score (nSPS) is 27.5. The number of rotatable bonds is 13. The van der Waals surface area contributed by atoms with Gasteiger partial charge in [0.25, 0.3) is 5.91 Å². The van der Waals surface area contributed by atoms with Gasteiger partial charge in [0, 0.05) is 25.3 Å². The van der Waals surface area contributed by atoms with Crippen molar-refractivity contribution in [1.82, 2.24) is 9.80 Å². The van der Waals surface area contributed by atoms with E-state index in [-0.39, 0.29) is 30.9 Å². The zero-order valence-corrected chi connectivity index (χ0v) is 25.9. The molecular formula is C35H43N3O6. The minimum Gasteiger partial charge on any atom is -0.497 e. The first-order valence-corrected chi connectivity index (χ1v) is 15.3. The van der Waals surface area contributed by atoms with Gasteiger partial charge in [0.05, 0.1) is 37.2 Å². The molecule has 2 aromatic rings. The van der Waals surface area contributed by atoms with Gasteiger partial charge < -0.3 is 29.3 Å². The van der Waals surface area contributed by atoms with E-state index in [1.54, 1.807) is 60.3 Å². The van der Waals surface area contributed by atoms with Crippen molar-refractivity contribution in [3.63, 3.8) is 0 Å². The van der Waals surface area contributed by atoms with E-state index < -0.39 is 35.1 Å². The smallest absolute Gasteiger partial charge is 0.253 e. The van der Waals surface area contributed by atoms with Gasteiger partial charge >= 0.3 is 0 Å². The third-order valence-electron chi connectivity index (χ3n) is 9.70. The summed E-state index contributed by atoms with van der Waals surface area (Å²) in [6.45, 7) is 12.0. The number of nitrogens with zero attached hydrogens (tertiary/aromatic N) is 3. The number of benzene rings is 2. The molecule has 3 saturated heterocycles. The average molecular weight is 602 g/mol. The minimum atomic E-state index is -1.22. The number of aliphatic hydroxyl groups excluding tert-OH is 1. The summed E-state index contributed by atoms with van der Waals surface area (Å²) in [7, 11) is 1.57. The van der Waals surface area contributed by atoms with Gasteiger partial charge in [-0.15, -0.1) is 13.2 Å².